The fourth-order valence-corrected chi connectivity index (χ4v) is 2.90. The number of H-pyrrole nitrogens is 1. The van der Waals surface area contributed by atoms with E-state index in [2.05, 4.69) is 15.3 Å². The number of fused-ring (bicyclic) bond motifs is 1. The minimum atomic E-state index is -0.235. The predicted molar refractivity (Wildman–Crippen MR) is 73.6 cm³/mol. The number of aryl methyl sites for hydroxylation is 1. The number of thiophene rings is 1. The zero-order valence-electron chi connectivity index (χ0n) is 10.7. The summed E-state index contributed by atoms with van der Waals surface area (Å²) in [7, 11) is 0. The molecule has 2 aromatic rings. The highest BCUT2D eigenvalue weighted by Crippen LogP contribution is 2.26. The van der Waals surface area contributed by atoms with Crippen LogP contribution < -0.4 is 10.9 Å². The highest BCUT2D eigenvalue weighted by atomic mass is 32.1. The van der Waals surface area contributed by atoms with Gasteiger partial charge in [-0.15, -0.1) is 11.3 Å². The van der Waals surface area contributed by atoms with E-state index in [0.717, 1.165) is 0 Å². The first-order valence-corrected chi connectivity index (χ1v) is 6.74. The molecule has 2 aromatic heterocycles. The lowest BCUT2D eigenvalue weighted by Crippen LogP contribution is -2.33. The van der Waals surface area contributed by atoms with Crippen LogP contribution in [0.4, 0.5) is 0 Å². The minimum Gasteiger partial charge on any atom is -0.396 e. The average molecular weight is 281 g/mol. The van der Waals surface area contributed by atoms with Gasteiger partial charge >= 0.3 is 0 Å². The largest absolute Gasteiger partial charge is 0.396 e. The van der Waals surface area contributed by atoms with Gasteiger partial charge in [-0.05, 0) is 25.8 Å². The standard InChI is InChI=1S/C12H15N3O3S/c1-6(3-4-16)15-11(18)9-7(2)8-10(17)13-5-14-12(8)19-9/h5-6,16H,3-4H2,1-2H3,(H,15,18)(H,13,14,17). The lowest BCUT2D eigenvalue weighted by Gasteiger charge is -2.11. The lowest BCUT2D eigenvalue weighted by atomic mass is 10.2. The minimum absolute atomic E-state index is 0.0219. The van der Waals surface area contributed by atoms with Crippen molar-refractivity contribution in [2.24, 2.45) is 0 Å². The van der Waals surface area contributed by atoms with Crippen LogP contribution in [0.25, 0.3) is 10.2 Å². The third-order valence-corrected chi connectivity index (χ3v) is 4.08. The zero-order valence-corrected chi connectivity index (χ0v) is 11.5. The van der Waals surface area contributed by atoms with Crippen molar-refractivity contribution in [1.29, 1.82) is 0 Å². The number of rotatable bonds is 4. The van der Waals surface area contributed by atoms with E-state index < -0.39 is 0 Å². The van der Waals surface area contributed by atoms with Gasteiger partial charge in [0.2, 0.25) is 0 Å². The topological polar surface area (TPSA) is 95.1 Å². The van der Waals surface area contributed by atoms with E-state index >= 15 is 0 Å². The Balaban J connectivity index is 2.36. The van der Waals surface area contributed by atoms with E-state index in [9.17, 15) is 9.59 Å². The Bertz CT molecular complexity index is 662. The molecule has 0 saturated heterocycles. The molecule has 7 heteroatoms. The number of aromatic nitrogens is 2. The molecule has 0 spiro atoms. The first kappa shape index (κ1) is 13.7. The van der Waals surface area contributed by atoms with Crippen molar-refractivity contribution in [1.82, 2.24) is 15.3 Å². The quantitative estimate of drug-likeness (QED) is 0.772. The molecular weight excluding hydrogens is 266 g/mol. The van der Waals surface area contributed by atoms with Crippen LogP contribution >= 0.6 is 11.3 Å². The summed E-state index contributed by atoms with van der Waals surface area (Å²) in [5, 5.41) is 12.1. The van der Waals surface area contributed by atoms with Gasteiger partial charge in [-0.3, -0.25) is 9.59 Å². The second-order valence-electron chi connectivity index (χ2n) is 4.35. The summed E-state index contributed by atoms with van der Waals surface area (Å²) in [5.41, 5.74) is 0.407. The Morgan fingerprint density at radius 1 is 1.63 bits per heavy atom. The summed E-state index contributed by atoms with van der Waals surface area (Å²) in [6.07, 6.45) is 1.82. The molecule has 3 N–H and O–H groups in total. The average Bonchev–Trinajstić information content (AvgIpc) is 2.68. The molecule has 0 aliphatic rings. The number of nitrogens with zero attached hydrogens (tertiary/aromatic N) is 1. The fourth-order valence-electron chi connectivity index (χ4n) is 1.85. The Kier molecular flexibility index (Phi) is 3.96. The summed E-state index contributed by atoms with van der Waals surface area (Å²) in [6, 6.07) is -0.117. The molecule has 0 saturated carbocycles. The maximum atomic E-state index is 12.1. The first-order chi connectivity index (χ1) is 9.04. The van der Waals surface area contributed by atoms with Crippen molar-refractivity contribution in [3.05, 3.63) is 27.1 Å². The van der Waals surface area contributed by atoms with E-state index in [1.807, 2.05) is 6.92 Å². The Hall–Kier alpha value is -1.73. The molecule has 1 amide bonds. The van der Waals surface area contributed by atoms with Crippen molar-refractivity contribution in [2.45, 2.75) is 26.3 Å². The molecule has 1 unspecified atom stereocenters. The van der Waals surface area contributed by atoms with Crippen LogP contribution in [0.3, 0.4) is 0 Å². The number of aliphatic hydroxyl groups excluding tert-OH is 1. The monoisotopic (exact) mass is 281 g/mol. The second kappa shape index (κ2) is 5.50. The van der Waals surface area contributed by atoms with E-state index in [1.165, 1.54) is 17.7 Å². The maximum Gasteiger partial charge on any atom is 0.261 e. The molecule has 0 aliphatic carbocycles. The highest BCUT2D eigenvalue weighted by Gasteiger charge is 2.19. The molecule has 19 heavy (non-hydrogen) atoms. The van der Waals surface area contributed by atoms with Gasteiger partial charge in [-0.25, -0.2) is 4.98 Å². The van der Waals surface area contributed by atoms with E-state index in [-0.39, 0.29) is 24.1 Å². The summed E-state index contributed by atoms with van der Waals surface area (Å²) >= 11 is 1.20. The van der Waals surface area contributed by atoms with Crippen LogP contribution in [-0.2, 0) is 0 Å². The maximum absolute atomic E-state index is 12.1. The molecule has 0 bridgehead atoms. The summed E-state index contributed by atoms with van der Waals surface area (Å²) in [5.74, 6) is -0.235. The second-order valence-corrected chi connectivity index (χ2v) is 5.35. The van der Waals surface area contributed by atoms with Crippen molar-refractivity contribution in [3.63, 3.8) is 0 Å². The van der Waals surface area contributed by atoms with Gasteiger partial charge in [0.15, 0.2) is 0 Å². The normalized spacial score (nSPS) is 12.6. The number of hydrogen-bond acceptors (Lipinski definition) is 5. The number of carbonyl (C=O) groups is 1. The zero-order chi connectivity index (χ0) is 14.0. The van der Waals surface area contributed by atoms with Crippen LogP contribution in [0.15, 0.2) is 11.1 Å². The number of aromatic amines is 1. The number of aliphatic hydroxyl groups is 1. The Morgan fingerprint density at radius 2 is 2.37 bits per heavy atom. The lowest BCUT2D eigenvalue weighted by molar-refractivity contribution is 0.0938. The molecule has 102 valence electrons. The van der Waals surface area contributed by atoms with Gasteiger partial charge in [0, 0.05) is 12.6 Å². The molecule has 0 aliphatic heterocycles. The number of nitrogens with one attached hydrogen (secondary N) is 2. The van der Waals surface area contributed by atoms with Crippen molar-refractivity contribution >= 4 is 27.5 Å². The highest BCUT2D eigenvalue weighted by molar-refractivity contribution is 7.20. The third-order valence-electron chi connectivity index (χ3n) is 2.88. The summed E-state index contributed by atoms with van der Waals surface area (Å²) in [4.78, 5) is 31.4. The number of hydrogen-bond donors (Lipinski definition) is 3. The number of amides is 1. The molecule has 0 fully saturated rings. The van der Waals surface area contributed by atoms with E-state index in [4.69, 9.17) is 5.11 Å². The fraction of sp³-hybridized carbons (Fsp3) is 0.417. The van der Waals surface area contributed by atoms with Gasteiger partial charge < -0.3 is 15.4 Å². The molecule has 0 radical (unpaired) electrons. The molecule has 2 rings (SSSR count). The predicted octanol–water partition coefficient (Wildman–Crippen LogP) is 0.794. The van der Waals surface area contributed by atoms with Gasteiger partial charge in [-0.2, -0.15) is 0 Å². The summed E-state index contributed by atoms with van der Waals surface area (Å²) in [6.45, 7) is 3.58. The number of carbonyl (C=O) groups excluding carboxylic acids is 1. The van der Waals surface area contributed by atoms with Gasteiger partial charge in [-0.1, -0.05) is 0 Å². The third kappa shape index (κ3) is 2.66. The first-order valence-electron chi connectivity index (χ1n) is 5.93. The Labute approximate surface area is 113 Å². The smallest absolute Gasteiger partial charge is 0.261 e. The van der Waals surface area contributed by atoms with Crippen molar-refractivity contribution < 1.29 is 9.90 Å². The molecule has 2 heterocycles. The van der Waals surface area contributed by atoms with Crippen LogP contribution in [0.5, 0.6) is 0 Å². The van der Waals surface area contributed by atoms with Crippen molar-refractivity contribution in [3.8, 4) is 0 Å². The van der Waals surface area contributed by atoms with Crippen LogP contribution in [0.1, 0.15) is 28.6 Å². The van der Waals surface area contributed by atoms with Crippen molar-refractivity contribution in [2.75, 3.05) is 6.61 Å². The van der Waals surface area contributed by atoms with Crippen LogP contribution in [0, 0.1) is 6.92 Å². The molecule has 0 aromatic carbocycles. The molecule has 6 nitrogen and oxygen atoms in total. The van der Waals surface area contributed by atoms with Gasteiger partial charge in [0.1, 0.15) is 4.83 Å². The van der Waals surface area contributed by atoms with Gasteiger partial charge in [0.25, 0.3) is 11.5 Å². The molecular formula is C12H15N3O3S. The van der Waals surface area contributed by atoms with Crippen LogP contribution in [-0.4, -0.2) is 33.6 Å². The van der Waals surface area contributed by atoms with E-state index in [0.29, 0.717) is 27.1 Å². The molecule has 1 atom stereocenters. The van der Waals surface area contributed by atoms with Gasteiger partial charge in [0.05, 0.1) is 16.6 Å². The summed E-state index contributed by atoms with van der Waals surface area (Å²) < 4.78 is 0. The SMILES string of the molecule is Cc1c(C(=O)NC(C)CCO)sc2nc[nH]c(=O)c12. The van der Waals surface area contributed by atoms with E-state index in [1.54, 1.807) is 6.92 Å². The Morgan fingerprint density at radius 3 is 3.00 bits per heavy atom. The van der Waals surface area contributed by atoms with Crippen LogP contribution in [0.2, 0.25) is 0 Å².